The summed E-state index contributed by atoms with van der Waals surface area (Å²) in [5.74, 6) is -1.70. The molecule has 1 heterocycles. The maximum Gasteiger partial charge on any atom is 0.358 e. The molecule has 110 valence electrons. The third-order valence-electron chi connectivity index (χ3n) is 2.57. The third kappa shape index (κ3) is 3.37. The molecule has 0 saturated heterocycles. The number of rotatable bonds is 4. The zero-order chi connectivity index (χ0) is 15.6. The summed E-state index contributed by atoms with van der Waals surface area (Å²) in [6.07, 6.45) is 2.38. The lowest BCUT2D eigenvalue weighted by molar-refractivity contribution is 0.0691. The molecule has 2 rings (SSSR count). The summed E-state index contributed by atoms with van der Waals surface area (Å²) in [4.78, 5) is 18.4. The molecular weight excluding hydrogens is 362 g/mol. The molecule has 9 heteroatoms. The van der Waals surface area contributed by atoms with Gasteiger partial charge in [-0.15, -0.1) is 0 Å². The Kier molecular flexibility index (Phi) is 4.24. The summed E-state index contributed by atoms with van der Waals surface area (Å²) in [6.45, 7) is 1.63. The lowest BCUT2D eigenvalue weighted by Gasteiger charge is -2.11. The Morgan fingerprint density at radius 2 is 1.95 bits per heavy atom. The third-order valence-corrected chi connectivity index (χ3v) is 4.55. The number of carboxylic acid groups (broad SMARTS) is 1. The minimum atomic E-state index is -3.97. The number of carbonyl (C=O) groups is 1. The van der Waals surface area contributed by atoms with Crippen LogP contribution in [-0.2, 0) is 10.0 Å². The second-order valence-electron chi connectivity index (χ2n) is 4.07. The number of aryl methyl sites for hydroxylation is 1. The summed E-state index contributed by atoms with van der Waals surface area (Å²) in [5, 5.41) is 8.99. The predicted molar refractivity (Wildman–Crippen MR) is 78.7 cm³/mol. The van der Waals surface area contributed by atoms with Crippen molar-refractivity contribution < 1.29 is 18.3 Å². The van der Waals surface area contributed by atoms with Gasteiger partial charge in [-0.3, -0.25) is 4.72 Å². The van der Waals surface area contributed by atoms with E-state index in [-0.39, 0.29) is 10.7 Å². The van der Waals surface area contributed by atoms with Crippen LogP contribution in [-0.4, -0.2) is 29.5 Å². The van der Waals surface area contributed by atoms with Crippen molar-refractivity contribution in [2.45, 2.75) is 11.8 Å². The van der Waals surface area contributed by atoms with Gasteiger partial charge in [0.05, 0.1) is 4.90 Å². The highest BCUT2D eigenvalue weighted by Gasteiger charge is 2.22. The second-order valence-corrected chi connectivity index (χ2v) is 6.64. The Balaban J connectivity index is 2.48. The zero-order valence-corrected chi connectivity index (χ0v) is 13.1. The number of nitrogens with one attached hydrogen (secondary N) is 1. The van der Waals surface area contributed by atoms with Gasteiger partial charge < -0.3 is 5.11 Å². The standard InChI is InChI=1S/C12H10BrN3O4S/c1-7-2-3-8(13)6-9(7)21(19,20)16-11-10(12(17)18)14-4-5-15-11/h2-6H,1H3,(H,15,16)(H,17,18). The Bertz CT molecular complexity index is 808. The molecule has 0 bridgehead atoms. The van der Waals surface area contributed by atoms with Crippen molar-refractivity contribution in [3.8, 4) is 0 Å². The van der Waals surface area contributed by atoms with Gasteiger partial charge in [-0.2, -0.15) is 0 Å². The molecule has 2 aromatic rings. The van der Waals surface area contributed by atoms with Crippen molar-refractivity contribution in [1.82, 2.24) is 9.97 Å². The van der Waals surface area contributed by atoms with Gasteiger partial charge >= 0.3 is 5.97 Å². The fourth-order valence-corrected chi connectivity index (χ4v) is 3.42. The number of carboxylic acids is 1. The van der Waals surface area contributed by atoms with Gasteiger partial charge in [0.1, 0.15) is 0 Å². The Labute approximate surface area is 129 Å². The van der Waals surface area contributed by atoms with Crippen molar-refractivity contribution in [1.29, 1.82) is 0 Å². The molecule has 0 radical (unpaired) electrons. The first-order valence-corrected chi connectivity index (χ1v) is 7.92. The summed E-state index contributed by atoms with van der Waals surface area (Å²) < 4.78 is 27.5. The predicted octanol–water partition coefficient (Wildman–Crippen LogP) is 2.05. The number of hydrogen-bond donors (Lipinski definition) is 2. The first-order valence-electron chi connectivity index (χ1n) is 5.64. The molecule has 0 aliphatic rings. The van der Waals surface area contributed by atoms with Gasteiger partial charge in [0, 0.05) is 16.9 Å². The first-order chi connectivity index (χ1) is 9.81. The lowest BCUT2D eigenvalue weighted by atomic mass is 10.2. The minimum Gasteiger partial charge on any atom is -0.476 e. The molecule has 7 nitrogen and oxygen atoms in total. The molecule has 0 unspecified atom stereocenters. The quantitative estimate of drug-likeness (QED) is 0.850. The monoisotopic (exact) mass is 371 g/mol. The number of nitrogens with zero attached hydrogens (tertiary/aromatic N) is 2. The molecule has 0 aliphatic carbocycles. The molecule has 2 N–H and O–H groups in total. The zero-order valence-electron chi connectivity index (χ0n) is 10.7. The Morgan fingerprint density at radius 3 is 2.62 bits per heavy atom. The van der Waals surface area contributed by atoms with Crippen LogP contribution in [0.15, 0.2) is 40.0 Å². The van der Waals surface area contributed by atoms with Gasteiger partial charge in [-0.1, -0.05) is 22.0 Å². The van der Waals surface area contributed by atoms with E-state index in [1.54, 1.807) is 19.1 Å². The number of halogens is 1. The van der Waals surface area contributed by atoms with E-state index in [0.29, 0.717) is 10.0 Å². The normalized spacial score (nSPS) is 11.1. The number of anilines is 1. The summed E-state index contributed by atoms with van der Waals surface area (Å²) >= 11 is 3.20. The number of hydrogen-bond acceptors (Lipinski definition) is 5. The van der Waals surface area contributed by atoms with Crippen molar-refractivity contribution in [3.63, 3.8) is 0 Å². The van der Waals surface area contributed by atoms with Crippen LogP contribution in [0.25, 0.3) is 0 Å². The van der Waals surface area contributed by atoms with E-state index in [1.165, 1.54) is 18.5 Å². The smallest absolute Gasteiger partial charge is 0.358 e. The lowest BCUT2D eigenvalue weighted by Crippen LogP contribution is -2.18. The van der Waals surface area contributed by atoms with E-state index in [9.17, 15) is 13.2 Å². The highest BCUT2D eigenvalue weighted by atomic mass is 79.9. The van der Waals surface area contributed by atoms with E-state index in [4.69, 9.17) is 5.11 Å². The first kappa shape index (κ1) is 15.4. The largest absolute Gasteiger partial charge is 0.476 e. The molecular formula is C12H10BrN3O4S. The van der Waals surface area contributed by atoms with E-state index < -0.39 is 21.7 Å². The molecule has 0 saturated carbocycles. The van der Waals surface area contributed by atoms with E-state index in [0.717, 1.165) is 0 Å². The van der Waals surface area contributed by atoms with Crippen LogP contribution in [0.4, 0.5) is 5.82 Å². The fourth-order valence-electron chi connectivity index (χ4n) is 1.61. The number of aromatic nitrogens is 2. The number of sulfonamides is 1. The maximum absolute atomic E-state index is 12.4. The molecule has 0 atom stereocenters. The van der Waals surface area contributed by atoms with Crippen molar-refractivity contribution >= 4 is 37.7 Å². The van der Waals surface area contributed by atoms with Gasteiger partial charge in [0.2, 0.25) is 0 Å². The van der Waals surface area contributed by atoms with E-state index >= 15 is 0 Å². The molecule has 21 heavy (non-hydrogen) atoms. The van der Waals surface area contributed by atoms with Gasteiger partial charge in [0.25, 0.3) is 10.0 Å². The van der Waals surface area contributed by atoms with Crippen LogP contribution in [0.3, 0.4) is 0 Å². The molecule has 0 aliphatic heterocycles. The fraction of sp³-hybridized carbons (Fsp3) is 0.0833. The van der Waals surface area contributed by atoms with E-state index in [1.807, 2.05) is 0 Å². The van der Waals surface area contributed by atoms with Gasteiger partial charge in [-0.05, 0) is 24.6 Å². The van der Waals surface area contributed by atoms with E-state index in [2.05, 4.69) is 30.6 Å². The summed E-state index contributed by atoms with van der Waals surface area (Å²) in [7, 11) is -3.97. The topological polar surface area (TPSA) is 109 Å². The second kappa shape index (κ2) is 5.78. The summed E-state index contributed by atoms with van der Waals surface area (Å²) in [5.41, 5.74) is 0.0557. The molecule has 0 amide bonds. The number of benzene rings is 1. The van der Waals surface area contributed by atoms with Crippen molar-refractivity contribution in [3.05, 3.63) is 46.3 Å². The van der Waals surface area contributed by atoms with Gasteiger partial charge in [0.15, 0.2) is 11.5 Å². The van der Waals surface area contributed by atoms with Crippen LogP contribution in [0.2, 0.25) is 0 Å². The average molecular weight is 372 g/mol. The SMILES string of the molecule is Cc1ccc(Br)cc1S(=O)(=O)Nc1nccnc1C(=O)O. The van der Waals surface area contributed by atoms with Crippen molar-refractivity contribution in [2.24, 2.45) is 0 Å². The van der Waals surface area contributed by atoms with Crippen LogP contribution in [0, 0.1) is 6.92 Å². The van der Waals surface area contributed by atoms with Crippen molar-refractivity contribution in [2.75, 3.05) is 4.72 Å². The number of aromatic carboxylic acids is 1. The highest BCUT2D eigenvalue weighted by Crippen LogP contribution is 2.23. The van der Waals surface area contributed by atoms with Crippen LogP contribution < -0.4 is 4.72 Å². The minimum absolute atomic E-state index is 0.0267. The maximum atomic E-state index is 12.4. The molecule has 0 spiro atoms. The molecule has 1 aromatic carbocycles. The Hall–Kier alpha value is -2.00. The average Bonchev–Trinajstić information content (AvgIpc) is 2.41. The van der Waals surface area contributed by atoms with Crippen LogP contribution >= 0.6 is 15.9 Å². The summed E-state index contributed by atoms with van der Waals surface area (Å²) in [6, 6.07) is 4.77. The van der Waals surface area contributed by atoms with Crippen LogP contribution in [0.1, 0.15) is 16.1 Å². The molecule has 1 aromatic heterocycles. The Morgan fingerprint density at radius 1 is 1.29 bits per heavy atom. The highest BCUT2D eigenvalue weighted by molar-refractivity contribution is 9.10. The molecule has 0 fully saturated rings. The van der Waals surface area contributed by atoms with Crippen LogP contribution in [0.5, 0.6) is 0 Å². The van der Waals surface area contributed by atoms with Gasteiger partial charge in [-0.25, -0.2) is 23.2 Å².